The van der Waals surface area contributed by atoms with E-state index >= 15 is 0 Å². The van der Waals surface area contributed by atoms with Crippen molar-refractivity contribution in [1.82, 2.24) is 20.6 Å². The maximum absolute atomic E-state index is 14.2. The average Bonchev–Trinajstić information content (AvgIpc) is 3.43. The highest BCUT2D eigenvalue weighted by molar-refractivity contribution is 5.96. The van der Waals surface area contributed by atoms with E-state index in [2.05, 4.69) is 50.2 Å². The number of aliphatic hydroxyl groups excluding tert-OH is 2. The SMILES string of the molecule is COc1c(CN2O[C@@H](CO)[C@H]([C@H](C)O)[C@H]2C(=O)N[C@H]2C[C@H]3C[C@H]([C@@H]2C)C3(C)C)cccc1-c1cccc(C(=O)N[C@@H](CC(C)C)CN(C)C)c1. The summed E-state index contributed by atoms with van der Waals surface area (Å²) in [6.07, 6.45) is 1.40. The molecule has 9 atom stereocenters. The van der Waals surface area contributed by atoms with Crippen LogP contribution in [0.2, 0.25) is 0 Å². The molecule has 4 fully saturated rings. The molecule has 2 bridgehead atoms. The molecule has 3 aliphatic carbocycles. The predicted molar refractivity (Wildman–Crippen MR) is 195 cm³/mol. The van der Waals surface area contributed by atoms with Crippen LogP contribution in [0, 0.1) is 35.0 Å². The Balaban J connectivity index is 1.39. The molecule has 1 heterocycles. The van der Waals surface area contributed by atoms with E-state index in [0.29, 0.717) is 40.4 Å². The Labute approximate surface area is 298 Å². The van der Waals surface area contributed by atoms with Gasteiger partial charge in [0.15, 0.2) is 0 Å². The second-order valence-corrected chi connectivity index (χ2v) is 16.4. The minimum absolute atomic E-state index is 0.0247. The topological polar surface area (TPSA) is 124 Å². The van der Waals surface area contributed by atoms with Crippen LogP contribution in [0.25, 0.3) is 11.1 Å². The molecular formula is C40H60N4O6. The smallest absolute Gasteiger partial charge is 0.251 e. The standard InChI is InChI=1S/C40H60N4O6/c1-23(2)16-30(21-43(7)8)41-38(47)27-13-10-12-26(17-27)31-15-11-14-28(37(31)49-9)20-44-36(35(25(4)46)34(22-45)50-44)39(48)42-33-19-29-18-32(24(33)3)40(29,5)6/h10-15,17,23-25,29-30,32-36,45-46H,16,18-22H2,1-9H3,(H,41,47)(H,42,48)/t24-,25-,29+,30-,32+,33-,34-,35-,36-/m0/s1. The van der Waals surface area contributed by atoms with Crippen molar-refractivity contribution in [2.75, 3.05) is 34.4 Å². The number of methoxy groups -OCH3 is 1. The minimum Gasteiger partial charge on any atom is -0.496 e. The maximum atomic E-state index is 14.2. The van der Waals surface area contributed by atoms with Gasteiger partial charge in [0.1, 0.15) is 17.9 Å². The summed E-state index contributed by atoms with van der Waals surface area (Å²) in [5.41, 5.74) is 3.25. The summed E-state index contributed by atoms with van der Waals surface area (Å²) in [4.78, 5) is 35.9. The number of rotatable bonds is 14. The molecular weight excluding hydrogens is 632 g/mol. The fourth-order valence-electron chi connectivity index (χ4n) is 9.12. The molecule has 0 spiro atoms. The van der Waals surface area contributed by atoms with Crippen molar-refractivity contribution in [2.24, 2.45) is 35.0 Å². The van der Waals surface area contributed by atoms with Gasteiger partial charge in [-0.3, -0.25) is 14.4 Å². The Morgan fingerprint density at radius 1 is 1.12 bits per heavy atom. The molecule has 10 heteroatoms. The zero-order chi connectivity index (χ0) is 36.5. The molecule has 0 radical (unpaired) electrons. The lowest BCUT2D eigenvalue weighted by molar-refractivity contribution is -0.183. The fourth-order valence-corrected chi connectivity index (χ4v) is 9.12. The summed E-state index contributed by atoms with van der Waals surface area (Å²) in [6.45, 7) is 13.5. The van der Waals surface area contributed by atoms with Crippen molar-refractivity contribution in [3.8, 4) is 16.9 Å². The molecule has 10 nitrogen and oxygen atoms in total. The molecule has 2 amide bonds. The summed E-state index contributed by atoms with van der Waals surface area (Å²) < 4.78 is 6.00. The van der Waals surface area contributed by atoms with Gasteiger partial charge in [0, 0.05) is 41.2 Å². The van der Waals surface area contributed by atoms with E-state index in [1.165, 1.54) is 6.42 Å². The Morgan fingerprint density at radius 3 is 2.44 bits per heavy atom. The lowest BCUT2D eigenvalue weighted by atomic mass is 9.45. The number of nitrogens with one attached hydrogen (secondary N) is 2. The molecule has 4 N–H and O–H groups in total. The largest absolute Gasteiger partial charge is 0.496 e. The van der Waals surface area contributed by atoms with Crippen molar-refractivity contribution in [3.63, 3.8) is 0 Å². The van der Waals surface area contributed by atoms with Gasteiger partial charge in [-0.25, -0.2) is 0 Å². The van der Waals surface area contributed by atoms with Crippen LogP contribution in [-0.2, 0) is 16.2 Å². The second-order valence-electron chi connectivity index (χ2n) is 16.4. The molecule has 0 aromatic heterocycles. The monoisotopic (exact) mass is 692 g/mol. The van der Waals surface area contributed by atoms with Crippen LogP contribution in [-0.4, -0.2) is 96.7 Å². The van der Waals surface area contributed by atoms with E-state index < -0.39 is 24.2 Å². The summed E-state index contributed by atoms with van der Waals surface area (Å²) >= 11 is 0. The number of ether oxygens (including phenoxy) is 1. The lowest BCUT2D eigenvalue weighted by Crippen LogP contribution is -2.62. The number of hydrogen-bond donors (Lipinski definition) is 4. The van der Waals surface area contributed by atoms with Gasteiger partial charge in [-0.1, -0.05) is 65.0 Å². The summed E-state index contributed by atoms with van der Waals surface area (Å²) in [5, 5.41) is 29.3. The fraction of sp³-hybridized carbons (Fsp3) is 0.650. The number of aliphatic hydroxyl groups is 2. The van der Waals surface area contributed by atoms with Gasteiger partial charge in [0.2, 0.25) is 5.91 Å². The number of carbonyl (C=O) groups is 2. The molecule has 3 saturated carbocycles. The summed E-state index contributed by atoms with van der Waals surface area (Å²) in [5.74, 6) is 1.60. The van der Waals surface area contributed by atoms with Crippen LogP contribution < -0.4 is 15.4 Å². The molecule has 1 saturated heterocycles. The van der Waals surface area contributed by atoms with Crippen LogP contribution in [0.5, 0.6) is 5.75 Å². The maximum Gasteiger partial charge on any atom is 0.251 e. The minimum atomic E-state index is -0.885. The van der Waals surface area contributed by atoms with E-state index in [0.717, 1.165) is 36.1 Å². The number of benzene rings is 2. The number of amides is 2. The Morgan fingerprint density at radius 2 is 1.84 bits per heavy atom. The van der Waals surface area contributed by atoms with Gasteiger partial charge in [-0.2, -0.15) is 5.06 Å². The molecule has 4 aliphatic rings. The number of para-hydroxylation sites is 1. The number of likely N-dealkylation sites (N-methyl/N-ethyl adjacent to an activating group) is 1. The van der Waals surface area contributed by atoms with Crippen molar-refractivity contribution >= 4 is 11.8 Å². The van der Waals surface area contributed by atoms with E-state index in [9.17, 15) is 19.8 Å². The first-order chi connectivity index (χ1) is 23.7. The highest BCUT2D eigenvalue weighted by atomic mass is 16.7. The predicted octanol–water partition coefficient (Wildman–Crippen LogP) is 4.73. The zero-order valence-electron chi connectivity index (χ0n) is 31.5. The number of nitrogens with zero attached hydrogens (tertiary/aromatic N) is 2. The highest BCUT2D eigenvalue weighted by Gasteiger charge is 2.57. The second kappa shape index (κ2) is 15.7. The van der Waals surface area contributed by atoms with E-state index in [-0.39, 0.29) is 37.0 Å². The van der Waals surface area contributed by atoms with Gasteiger partial charge in [0.05, 0.1) is 26.4 Å². The van der Waals surface area contributed by atoms with E-state index in [4.69, 9.17) is 9.57 Å². The van der Waals surface area contributed by atoms with Crippen LogP contribution in [0.3, 0.4) is 0 Å². The van der Waals surface area contributed by atoms with Crippen molar-refractivity contribution < 1.29 is 29.4 Å². The quantitative estimate of drug-likeness (QED) is 0.224. The first-order valence-corrected chi connectivity index (χ1v) is 18.4. The lowest BCUT2D eigenvalue weighted by Gasteiger charge is -2.62. The number of hydroxylamine groups is 2. The Hall–Kier alpha value is -3.02. The van der Waals surface area contributed by atoms with E-state index in [1.807, 2.05) is 56.6 Å². The van der Waals surface area contributed by atoms with Gasteiger partial charge >= 0.3 is 0 Å². The molecule has 0 unspecified atom stereocenters. The number of carbonyl (C=O) groups excluding carboxylic acids is 2. The third-order valence-electron chi connectivity index (χ3n) is 11.8. The normalized spacial score (nSPS) is 28.6. The molecule has 50 heavy (non-hydrogen) atoms. The Bertz CT molecular complexity index is 1480. The Kier molecular flexibility index (Phi) is 12.0. The number of hydrogen-bond acceptors (Lipinski definition) is 8. The highest BCUT2D eigenvalue weighted by Crippen LogP contribution is 2.61. The van der Waals surface area contributed by atoms with Gasteiger partial charge < -0.3 is 30.5 Å². The van der Waals surface area contributed by atoms with Crippen molar-refractivity contribution in [1.29, 1.82) is 0 Å². The third-order valence-corrected chi connectivity index (χ3v) is 11.8. The third kappa shape index (κ3) is 7.89. The summed E-state index contributed by atoms with van der Waals surface area (Å²) in [6, 6.07) is 12.6. The van der Waals surface area contributed by atoms with Crippen LogP contribution in [0.4, 0.5) is 0 Å². The van der Waals surface area contributed by atoms with Gasteiger partial charge in [0.25, 0.3) is 5.91 Å². The van der Waals surface area contributed by atoms with Crippen LogP contribution in [0.15, 0.2) is 42.5 Å². The van der Waals surface area contributed by atoms with Gasteiger partial charge in [-0.05, 0) is 87.1 Å². The first-order valence-electron chi connectivity index (χ1n) is 18.4. The van der Waals surface area contributed by atoms with E-state index in [1.54, 1.807) is 19.1 Å². The first kappa shape index (κ1) is 38.2. The van der Waals surface area contributed by atoms with Gasteiger partial charge in [-0.15, -0.1) is 0 Å². The molecule has 2 aromatic rings. The average molecular weight is 693 g/mol. The molecule has 2 aromatic carbocycles. The number of fused-ring (bicyclic) bond motifs is 2. The van der Waals surface area contributed by atoms with Crippen LogP contribution >= 0.6 is 0 Å². The summed E-state index contributed by atoms with van der Waals surface area (Å²) in [7, 11) is 5.63. The van der Waals surface area contributed by atoms with Crippen molar-refractivity contribution in [3.05, 3.63) is 53.6 Å². The molecule has 276 valence electrons. The molecule has 6 rings (SSSR count). The zero-order valence-corrected chi connectivity index (χ0v) is 31.5. The molecule has 1 aliphatic heterocycles. The van der Waals surface area contributed by atoms with Crippen LogP contribution in [0.1, 0.15) is 76.7 Å². The van der Waals surface area contributed by atoms with Crippen molar-refractivity contribution in [2.45, 2.75) is 97.7 Å².